The summed E-state index contributed by atoms with van der Waals surface area (Å²) in [4.78, 5) is 51.5. The zero-order chi connectivity index (χ0) is 32.2. The van der Waals surface area contributed by atoms with E-state index in [1.54, 1.807) is 32.0 Å². The Labute approximate surface area is 260 Å². The molecule has 0 aliphatic carbocycles. The van der Waals surface area contributed by atoms with Crippen LogP contribution in [0.1, 0.15) is 47.3 Å². The van der Waals surface area contributed by atoms with E-state index in [9.17, 15) is 28.8 Å². The van der Waals surface area contributed by atoms with Crippen molar-refractivity contribution < 1.29 is 42.5 Å². The zero-order valence-electron chi connectivity index (χ0n) is 24.0. The highest BCUT2D eigenvalue weighted by molar-refractivity contribution is 9.10. The first-order valence-corrected chi connectivity index (χ1v) is 15.9. The predicted octanol–water partition coefficient (Wildman–Crippen LogP) is 2.97. The number of aromatic nitrogens is 2. The van der Waals surface area contributed by atoms with E-state index in [1.165, 1.54) is 32.9 Å². The normalized spacial score (nSPS) is 24.3. The SMILES string of the molecule is CC(C)OC(=O)[C@H](C)NP(=O)(OC[C@H]1O[C@@H](n2ccc(=O)[nH]c2=O)[C@](Cl)(Br)[C@@H]1OC(=O)CC(C)(C)O)Oc1ccccc1. The molecule has 0 bridgehead atoms. The van der Waals surface area contributed by atoms with Crippen molar-refractivity contribution >= 4 is 47.2 Å². The topological polar surface area (TPSA) is 184 Å². The molecule has 2 aromatic rings. The third-order valence-corrected chi connectivity index (χ3v) is 8.61. The fourth-order valence-corrected chi connectivity index (χ4v) is 6.46. The van der Waals surface area contributed by atoms with Crippen LogP contribution in [0.5, 0.6) is 5.75 Å². The minimum atomic E-state index is -4.38. The molecule has 1 aliphatic heterocycles. The van der Waals surface area contributed by atoms with Crippen LogP contribution in [0.3, 0.4) is 0 Å². The number of halogens is 2. The molecule has 1 aromatic carbocycles. The van der Waals surface area contributed by atoms with Gasteiger partial charge in [-0.3, -0.25) is 28.5 Å². The highest BCUT2D eigenvalue weighted by Crippen LogP contribution is 2.51. The maximum Gasteiger partial charge on any atom is 0.459 e. The number of para-hydroxylation sites is 1. The fraction of sp³-hybridized carbons (Fsp3) is 0.538. The molecule has 238 valence electrons. The fourth-order valence-electron chi connectivity index (χ4n) is 3.90. The number of aliphatic hydroxyl groups is 1. The number of ether oxygens (including phenoxy) is 3. The van der Waals surface area contributed by atoms with Gasteiger partial charge in [0.05, 0.1) is 24.7 Å². The molecule has 3 N–H and O–H groups in total. The van der Waals surface area contributed by atoms with Crippen LogP contribution in [-0.4, -0.2) is 66.9 Å². The van der Waals surface area contributed by atoms with E-state index in [2.05, 4.69) is 26.0 Å². The Balaban J connectivity index is 1.93. The number of H-pyrrole nitrogens is 1. The van der Waals surface area contributed by atoms with E-state index in [4.69, 9.17) is 34.9 Å². The molecule has 3 rings (SSSR count). The van der Waals surface area contributed by atoms with Crippen LogP contribution in [0, 0.1) is 0 Å². The number of carbonyl (C=O) groups is 2. The number of alkyl halides is 2. The van der Waals surface area contributed by atoms with Crippen molar-refractivity contribution in [2.75, 3.05) is 6.61 Å². The lowest BCUT2D eigenvalue weighted by Gasteiger charge is -2.29. The molecule has 1 fully saturated rings. The molecule has 0 radical (unpaired) electrons. The van der Waals surface area contributed by atoms with Crippen molar-refractivity contribution in [2.45, 2.75) is 81.0 Å². The number of benzene rings is 1. The molecule has 1 unspecified atom stereocenters. The highest BCUT2D eigenvalue weighted by atomic mass is 79.9. The second kappa shape index (κ2) is 14.1. The number of hydrogen-bond acceptors (Lipinski definition) is 11. The number of aromatic amines is 1. The first-order valence-electron chi connectivity index (χ1n) is 13.1. The van der Waals surface area contributed by atoms with Crippen molar-refractivity contribution in [1.82, 2.24) is 14.6 Å². The number of esters is 2. The zero-order valence-corrected chi connectivity index (χ0v) is 27.3. The molecule has 2 heterocycles. The molecular formula is C26H34BrClN3O11P. The first-order chi connectivity index (χ1) is 19.9. The summed E-state index contributed by atoms with van der Waals surface area (Å²) >= 11 is 10.1. The van der Waals surface area contributed by atoms with E-state index >= 15 is 0 Å². The molecular weight excluding hydrogens is 677 g/mol. The van der Waals surface area contributed by atoms with Crippen molar-refractivity contribution in [3.63, 3.8) is 0 Å². The Morgan fingerprint density at radius 3 is 2.47 bits per heavy atom. The van der Waals surface area contributed by atoms with Crippen molar-refractivity contribution in [3.8, 4) is 5.75 Å². The Hall–Kier alpha value is -2.52. The van der Waals surface area contributed by atoms with Gasteiger partial charge in [0.1, 0.15) is 17.9 Å². The highest BCUT2D eigenvalue weighted by Gasteiger charge is 2.58. The summed E-state index contributed by atoms with van der Waals surface area (Å²) in [6.07, 6.45) is -3.81. The summed E-state index contributed by atoms with van der Waals surface area (Å²) in [5.41, 5.74) is -2.97. The van der Waals surface area contributed by atoms with Gasteiger partial charge in [0.25, 0.3) is 5.56 Å². The minimum Gasteiger partial charge on any atom is -0.462 e. The minimum absolute atomic E-state index is 0.146. The van der Waals surface area contributed by atoms with Crippen molar-refractivity contribution in [2.24, 2.45) is 0 Å². The van der Waals surface area contributed by atoms with Gasteiger partial charge in [-0.25, -0.2) is 9.36 Å². The number of nitrogens with zero attached hydrogens (tertiary/aromatic N) is 1. The molecule has 6 atom stereocenters. The van der Waals surface area contributed by atoms with Crippen LogP contribution in [0.4, 0.5) is 0 Å². The van der Waals surface area contributed by atoms with E-state index in [0.29, 0.717) is 0 Å². The maximum atomic E-state index is 14.0. The number of hydrogen-bond donors (Lipinski definition) is 3. The van der Waals surface area contributed by atoms with E-state index in [1.807, 2.05) is 0 Å². The van der Waals surface area contributed by atoms with Gasteiger partial charge in [-0.05, 0) is 46.8 Å². The van der Waals surface area contributed by atoms with Gasteiger partial charge in [0, 0.05) is 12.3 Å². The Bertz CT molecular complexity index is 1440. The molecule has 1 aliphatic rings. The Morgan fingerprint density at radius 2 is 1.88 bits per heavy atom. The smallest absolute Gasteiger partial charge is 0.459 e. The second-order valence-corrected chi connectivity index (χ2v) is 14.7. The molecule has 43 heavy (non-hydrogen) atoms. The van der Waals surface area contributed by atoms with Gasteiger partial charge >= 0.3 is 25.4 Å². The third-order valence-electron chi connectivity index (χ3n) is 5.72. The Kier molecular flexibility index (Phi) is 11.4. The van der Waals surface area contributed by atoms with Gasteiger partial charge in [-0.2, -0.15) is 5.09 Å². The van der Waals surface area contributed by atoms with Crippen LogP contribution in [0.15, 0.2) is 52.2 Å². The van der Waals surface area contributed by atoms with Crippen LogP contribution < -0.4 is 20.9 Å². The lowest BCUT2D eigenvalue weighted by molar-refractivity contribution is -0.157. The summed E-state index contributed by atoms with van der Waals surface area (Å²) in [5.74, 6) is -1.44. The molecule has 0 amide bonds. The van der Waals surface area contributed by atoms with Crippen LogP contribution in [-0.2, 0) is 32.9 Å². The average molecular weight is 711 g/mol. The van der Waals surface area contributed by atoms with E-state index in [0.717, 1.165) is 16.8 Å². The van der Waals surface area contributed by atoms with Gasteiger partial charge < -0.3 is 23.8 Å². The maximum absolute atomic E-state index is 14.0. The monoisotopic (exact) mass is 709 g/mol. The molecule has 14 nitrogen and oxygen atoms in total. The van der Waals surface area contributed by atoms with Gasteiger partial charge in [0.2, 0.25) is 0 Å². The molecule has 1 saturated heterocycles. The predicted molar refractivity (Wildman–Crippen MR) is 158 cm³/mol. The third kappa shape index (κ3) is 9.73. The summed E-state index contributed by atoms with van der Waals surface area (Å²) in [5, 5.41) is 12.6. The lowest BCUT2D eigenvalue weighted by atomic mass is 10.1. The van der Waals surface area contributed by atoms with Gasteiger partial charge in [-0.1, -0.05) is 45.7 Å². The van der Waals surface area contributed by atoms with Gasteiger partial charge in [-0.15, -0.1) is 0 Å². The second-order valence-electron chi connectivity index (χ2n) is 10.7. The quantitative estimate of drug-likeness (QED) is 0.157. The van der Waals surface area contributed by atoms with Crippen molar-refractivity contribution in [1.29, 1.82) is 0 Å². The lowest BCUT2D eigenvalue weighted by Crippen LogP contribution is -2.44. The molecule has 0 spiro atoms. The number of rotatable bonds is 13. The Morgan fingerprint density at radius 1 is 1.23 bits per heavy atom. The van der Waals surface area contributed by atoms with Gasteiger partial charge in [0.15, 0.2) is 16.1 Å². The molecule has 1 aromatic heterocycles. The van der Waals surface area contributed by atoms with E-state index in [-0.39, 0.29) is 5.75 Å². The number of carbonyl (C=O) groups excluding carboxylic acids is 2. The van der Waals surface area contributed by atoms with Crippen LogP contribution in [0.2, 0.25) is 0 Å². The summed E-state index contributed by atoms with van der Waals surface area (Å²) < 4.78 is 41.2. The molecule has 0 saturated carbocycles. The average Bonchev–Trinajstić information content (AvgIpc) is 3.11. The van der Waals surface area contributed by atoms with Crippen LogP contribution >= 0.6 is 35.3 Å². The summed E-state index contributed by atoms with van der Waals surface area (Å²) in [6.45, 7) is 6.92. The first kappa shape index (κ1) is 35.0. The van der Waals surface area contributed by atoms with E-state index < -0.39 is 83.9 Å². The largest absolute Gasteiger partial charge is 0.462 e. The summed E-state index contributed by atoms with van der Waals surface area (Å²) in [7, 11) is -4.38. The molecule has 17 heteroatoms. The summed E-state index contributed by atoms with van der Waals surface area (Å²) in [6, 6.07) is 7.93. The van der Waals surface area contributed by atoms with Crippen molar-refractivity contribution in [3.05, 3.63) is 63.4 Å². The van der Waals surface area contributed by atoms with Crippen LogP contribution in [0.25, 0.3) is 0 Å². The number of nitrogens with one attached hydrogen (secondary N) is 2. The standard InChI is InChI=1S/C26H34BrClN3O11P/c1-15(2)39-22(34)16(3)30-43(37,42-17-9-7-6-8-10-17)38-14-18-21(41-20(33)13-25(4,5)36)26(27,28)23(40-18)31-12-11-19(32)29-24(31)35/h6-12,15-16,18,21,23,36H,13-14H2,1-5H3,(H,30,37)(H,29,32,35)/t16-,18+,21+,23+,26-,43?/m0/s1.